The molecular formula is C25H34N4O4. The first-order valence-electron chi connectivity index (χ1n) is 11.6. The average molecular weight is 455 g/mol. The summed E-state index contributed by atoms with van der Waals surface area (Å²) in [7, 11) is 1.60. The first-order valence-corrected chi connectivity index (χ1v) is 11.6. The summed E-state index contributed by atoms with van der Waals surface area (Å²) in [6, 6.07) is 11.4. The predicted molar refractivity (Wildman–Crippen MR) is 126 cm³/mol. The number of para-hydroxylation sites is 2. The van der Waals surface area contributed by atoms with Crippen LogP contribution in [0.4, 0.5) is 0 Å². The van der Waals surface area contributed by atoms with Gasteiger partial charge in [-0.2, -0.15) is 0 Å². The zero-order valence-corrected chi connectivity index (χ0v) is 19.3. The van der Waals surface area contributed by atoms with E-state index < -0.39 is 0 Å². The molecule has 1 aliphatic heterocycles. The van der Waals surface area contributed by atoms with Crippen LogP contribution in [0.25, 0.3) is 0 Å². The molecule has 1 aromatic heterocycles. The third-order valence-electron chi connectivity index (χ3n) is 5.75. The van der Waals surface area contributed by atoms with Gasteiger partial charge < -0.3 is 20.1 Å². The first-order chi connectivity index (χ1) is 16.2. The van der Waals surface area contributed by atoms with Gasteiger partial charge in [0, 0.05) is 44.4 Å². The zero-order valence-electron chi connectivity index (χ0n) is 19.3. The van der Waals surface area contributed by atoms with Crippen LogP contribution >= 0.6 is 0 Å². The number of aromatic nitrogens is 1. The van der Waals surface area contributed by atoms with Crippen LogP contribution in [-0.4, -0.2) is 61.6 Å². The summed E-state index contributed by atoms with van der Waals surface area (Å²) in [5.41, 5.74) is 1.17. The van der Waals surface area contributed by atoms with Gasteiger partial charge in [-0.15, -0.1) is 0 Å². The Hall–Kier alpha value is -3.13. The number of carbonyl (C=O) groups is 2. The number of nitrogens with zero attached hydrogens (tertiary/aromatic N) is 2. The smallest absolute Gasteiger partial charge is 0.223 e. The van der Waals surface area contributed by atoms with Gasteiger partial charge in [0.05, 0.1) is 13.7 Å². The Bertz CT molecular complexity index is 878. The van der Waals surface area contributed by atoms with Crippen molar-refractivity contribution in [2.24, 2.45) is 5.92 Å². The van der Waals surface area contributed by atoms with Crippen LogP contribution in [0.5, 0.6) is 11.5 Å². The Kier molecular flexibility index (Phi) is 9.97. The van der Waals surface area contributed by atoms with Crippen molar-refractivity contribution in [3.8, 4) is 11.5 Å². The fourth-order valence-electron chi connectivity index (χ4n) is 3.94. The molecule has 0 bridgehead atoms. The molecule has 2 heterocycles. The van der Waals surface area contributed by atoms with E-state index in [1.54, 1.807) is 19.5 Å². The van der Waals surface area contributed by atoms with Gasteiger partial charge in [0.2, 0.25) is 11.8 Å². The Balaban J connectivity index is 1.48. The lowest BCUT2D eigenvalue weighted by molar-refractivity contribution is -0.126. The molecular weight excluding hydrogens is 420 g/mol. The van der Waals surface area contributed by atoms with Gasteiger partial charge in [-0.3, -0.25) is 19.5 Å². The fourth-order valence-corrected chi connectivity index (χ4v) is 3.94. The zero-order chi connectivity index (χ0) is 23.3. The van der Waals surface area contributed by atoms with Crippen molar-refractivity contribution in [2.45, 2.75) is 32.2 Å². The molecule has 1 atom stereocenters. The van der Waals surface area contributed by atoms with E-state index in [0.29, 0.717) is 50.6 Å². The minimum absolute atomic E-state index is 0.00723. The van der Waals surface area contributed by atoms with E-state index in [1.807, 2.05) is 36.4 Å². The highest BCUT2D eigenvalue weighted by Crippen LogP contribution is 2.25. The van der Waals surface area contributed by atoms with E-state index >= 15 is 0 Å². The summed E-state index contributed by atoms with van der Waals surface area (Å²) in [6.45, 7) is 3.59. The summed E-state index contributed by atoms with van der Waals surface area (Å²) in [5, 5.41) is 5.94. The SMILES string of the molecule is COc1ccccc1OCCNC(=O)C1CCCN(Cc2ccncc2)CCC(=O)NCC1. The van der Waals surface area contributed by atoms with Gasteiger partial charge in [-0.05, 0) is 55.6 Å². The Morgan fingerprint density at radius 2 is 1.94 bits per heavy atom. The minimum atomic E-state index is -0.141. The van der Waals surface area contributed by atoms with Gasteiger partial charge in [-0.1, -0.05) is 12.1 Å². The molecule has 1 aliphatic rings. The Labute approximate surface area is 195 Å². The van der Waals surface area contributed by atoms with Gasteiger partial charge in [0.15, 0.2) is 11.5 Å². The second kappa shape index (κ2) is 13.4. The number of hydrogen-bond acceptors (Lipinski definition) is 6. The van der Waals surface area contributed by atoms with Gasteiger partial charge in [-0.25, -0.2) is 0 Å². The van der Waals surface area contributed by atoms with Crippen molar-refractivity contribution in [2.75, 3.05) is 39.9 Å². The largest absolute Gasteiger partial charge is 0.493 e. The highest BCUT2D eigenvalue weighted by atomic mass is 16.5. The molecule has 2 N–H and O–H groups in total. The maximum atomic E-state index is 12.8. The summed E-state index contributed by atoms with van der Waals surface area (Å²) in [5.74, 6) is 1.21. The maximum Gasteiger partial charge on any atom is 0.223 e. The van der Waals surface area contributed by atoms with Crippen LogP contribution in [0.15, 0.2) is 48.8 Å². The fraction of sp³-hybridized carbons (Fsp3) is 0.480. The molecule has 0 radical (unpaired) electrons. The van der Waals surface area contributed by atoms with E-state index in [2.05, 4.69) is 20.5 Å². The number of carbonyl (C=O) groups excluding carboxylic acids is 2. The van der Waals surface area contributed by atoms with E-state index in [9.17, 15) is 9.59 Å². The molecule has 8 heteroatoms. The summed E-state index contributed by atoms with van der Waals surface area (Å²) < 4.78 is 11.0. The third-order valence-corrected chi connectivity index (χ3v) is 5.75. The standard InChI is InChI=1S/C25H34N4O4/c1-32-22-6-2-3-7-23(22)33-18-15-28-25(31)21-5-4-16-29(17-11-24(30)27-14-10-21)19-20-8-12-26-13-9-20/h2-3,6-9,12-13,21H,4-5,10-11,14-19H2,1H3,(H,27,30)(H,28,31). The second-order valence-electron chi connectivity index (χ2n) is 8.15. The van der Waals surface area contributed by atoms with Crippen LogP contribution in [0.3, 0.4) is 0 Å². The highest BCUT2D eigenvalue weighted by molar-refractivity contribution is 5.79. The maximum absolute atomic E-state index is 12.8. The molecule has 33 heavy (non-hydrogen) atoms. The molecule has 0 saturated carbocycles. The van der Waals surface area contributed by atoms with Crippen LogP contribution in [0.2, 0.25) is 0 Å². The summed E-state index contributed by atoms with van der Waals surface area (Å²) >= 11 is 0. The number of methoxy groups -OCH3 is 1. The molecule has 1 fully saturated rings. The van der Waals surface area contributed by atoms with Gasteiger partial charge >= 0.3 is 0 Å². The van der Waals surface area contributed by atoms with E-state index in [0.717, 1.165) is 25.9 Å². The van der Waals surface area contributed by atoms with Crippen molar-refractivity contribution in [3.63, 3.8) is 0 Å². The van der Waals surface area contributed by atoms with Crippen LogP contribution < -0.4 is 20.1 Å². The third kappa shape index (κ3) is 8.38. The molecule has 2 aromatic rings. The molecule has 0 spiro atoms. The van der Waals surface area contributed by atoms with Crippen LogP contribution in [0.1, 0.15) is 31.2 Å². The average Bonchev–Trinajstić information content (AvgIpc) is 2.88. The number of benzene rings is 1. The summed E-state index contributed by atoms with van der Waals surface area (Å²) in [6.07, 6.45) is 6.34. The van der Waals surface area contributed by atoms with Crippen LogP contribution in [0, 0.1) is 5.92 Å². The Morgan fingerprint density at radius 1 is 1.15 bits per heavy atom. The summed E-state index contributed by atoms with van der Waals surface area (Å²) in [4.78, 5) is 31.4. The molecule has 2 amide bonds. The number of rotatable bonds is 8. The monoisotopic (exact) mass is 454 g/mol. The lowest BCUT2D eigenvalue weighted by Gasteiger charge is -2.22. The number of ether oxygens (including phenoxy) is 2. The number of nitrogens with one attached hydrogen (secondary N) is 2. The minimum Gasteiger partial charge on any atom is -0.493 e. The lowest BCUT2D eigenvalue weighted by atomic mass is 9.98. The van der Waals surface area contributed by atoms with Crippen LogP contribution in [-0.2, 0) is 16.1 Å². The van der Waals surface area contributed by atoms with Crippen molar-refractivity contribution in [3.05, 3.63) is 54.4 Å². The van der Waals surface area contributed by atoms with E-state index in [-0.39, 0.29) is 17.7 Å². The van der Waals surface area contributed by atoms with E-state index in [1.165, 1.54) is 5.56 Å². The molecule has 8 nitrogen and oxygen atoms in total. The predicted octanol–water partition coefficient (Wildman–Crippen LogP) is 2.39. The van der Waals surface area contributed by atoms with Gasteiger partial charge in [0.1, 0.15) is 6.61 Å². The molecule has 1 saturated heterocycles. The number of pyridine rings is 1. The van der Waals surface area contributed by atoms with Gasteiger partial charge in [0.25, 0.3) is 0 Å². The highest BCUT2D eigenvalue weighted by Gasteiger charge is 2.20. The van der Waals surface area contributed by atoms with Crippen molar-refractivity contribution < 1.29 is 19.1 Å². The second-order valence-corrected chi connectivity index (χ2v) is 8.15. The molecule has 1 aromatic carbocycles. The lowest BCUT2D eigenvalue weighted by Crippen LogP contribution is -2.36. The van der Waals surface area contributed by atoms with E-state index in [4.69, 9.17) is 9.47 Å². The first kappa shape index (κ1) is 24.5. The molecule has 1 unspecified atom stereocenters. The van der Waals surface area contributed by atoms with Crippen molar-refractivity contribution in [1.29, 1.82) is 0 Å². The molecule has 178 valence electrons. The quantitative estimate of drug-likeness (QED) is 0.595. The Morgan fingerprint density at radius 3 is 2.73 bits per heavy atom. The van der Waals surface area contributed by atoms with Crippen molar-refractivity contribution in [1.82, 2.24) is 20.5 Å². The molecule has 3 rings (SSSR count). The number of amides is 2. The van der Waals surface area contributed by atoms with Crippen molar-refractivity contribution >= 4 is 11.8 Å². The normalized spacial score (nSPS) is 18.0. The molecule has 0 aliphatic carbocycles. The number of hydrogen-bond donors (Lipinski definition) is 2. The topological polar surface area (TPSA) is 92.8 Å².